The van der Waals surface area contributed by atoms with E-state index in [1.807, 2.05) is 6.07 Å². The Kier molecular flexibility index (Phi) is 7.01. The summed E-state index contributed by atoms with van der Waals surface area (Å²) in [6.45, 7) is 2.99. The Morgan fingerprint density at radius 1 is 1.20 bits per heavy atom. The number of methoxy groups -OCH3 is 1. The van der Waals surface area contributed by atoms with Gasteiger partial charge in [0, 0.05) is 13.7 Å². The van der Waals surface area contributed by atoms with Crippen LogP contribution in [0.15, 0.2) is 18.2 Å². The lowest BCUT2D eigenvalue weighted by molar-refractivity contribution is 0.135. The van der Waals surface area contributed by atoms with Crippen molar-refractivity contribution in [1.82, 2.24) is 0 Å². The molecule has 0 aliphatic carbocycles. The highest BCUT2D eigenvalue weighted by molar-refractivity contribution is 6.64. The van der Waals surface area contributed by atoms with Crippen LogP contribution in [0, 0.1) is 0 Å². The minimum absolute atomic E-state index is 0.143. The molecule has 0 aliphatic rings. The van der Waals surface area contributed by atoms with Gasteiger partial charge in [-0.1, -0.05) is 6.07 Å². The van der Waals surface area contributed by atoms with Gasteiger partial charge in [-0.2, -0.15) is 0 Å². The number of hydrogen-bond donors (Lipinski definition) is 2. The summed E-state index contributed by atoms with van der Waals surface area (Å²) in [4.78, 5) is 9.76. The quantitative estimate of drug-likeness (QED) is 0.540. The molecule has 0 amide bonds. The summed E-state index contributed by atoms with van der Waals surface area (Å²) >= 11 is 0. The van der Waals surface area contributed by atoms with Crippen LogP contribution in [-0.2, 0) is 15.6 Å². The lowest BCUT2D eigenvalue weighted by atomic mass is 10.1. The number of phenolic OH excluding ortho intramolecular Hbond substituents is 1. The predicted octanol–water partition coefficient (Wildman–Crippen LogP) is 2.06. The van der Waals surface area contributed by atoms with Crippen LogP contribution in [0.25, 0.3) is 0 Å². The highest BCUT2D eigenvalue weighted by atomic mass is 28.4. The van der Waals surface area contributed by atoms with E-state index in [1.54, 1.807) is 25.8 Å². The molecule has 0 heterocycles. The van der Waals surface area contributed by atoms with Gasteiger partial charge in [0.1, 0.15) is 0 Å². The topological polar surface area (TPSA) is 68.2 Å². The van der Waals surface area contributed by atoms with Crippen LogP contribution >= 0.6 is 0 Å². The van der Waals surface area contributed by atoms with Crippen molar-refractivity contribution in [2.45, 2.75) is 25.4 Å². The van der Waals surface area contributed by atoms with Crippen molar-refractivity contribution in [3.8, 4) is 11.5 Å². The molecular formula is C14H24O5Si. The molecule has 0 spiro atoms. The summed E-state index contributed by atoms with van der Waals surface area (Å²) in [5, 5.41) is 9.49. The third-order valence-corrected chi connectivity index (χ3v) is 5.31. The second kappa shape index (κ2) is 8.26. The average Bonchev–Trinajstić information content (AvgIpc) is 2.44. The van der Waals surface area contributed by atoms with Crippen LogP contribution in [0.3, 0.4) is 0 Å². The molecule has 1 rings (SSSR count). The number of benzene rings is 1. The molecule has 0 fully saturated rings. The number of ether oxygens (including phenoxy) is 2. The summed E-state index contributed by atoms with van der Waals surface area (Å²) in [5.74, 6) is 0.619. The van der Waals surface area contributed by atoms with Gasteiger partial charge in [0.05, 0.1) is 13.7 Å². The highest BCUT2D eigenvalue weighted by Crippen LogP contribution is 2.26. The number of rotatable bonds is 9. The maximum absolute atomic E-state index is 9.76. The molecule has 114 valence electrons. The molecule has 5 nitrogen and oxygen atoms in total. The molecule has 1 aromatic rings. The lowest BCUT2D eigenvalue weighted by Crippen LogP contribution is -2.33. The first-order valence-corrected chi connectivity index (χ1v) is 9.26. The maximum Gasteiger partial charge on any atom is 0.332 e. The Balaban J connectivity index is 2.21. The number of hydrogen-bond acceptors (Lipinski definition) is 5. The van der Waals surface area contributed by atoms with E-state index in [2.05, 4.69) is 0 Å². The smallest absolute Gasteiger partial charge is 0.332 e. The summed E-state index contributed by atoms with van der Waals surface area (Å²) in [5.41, 5.74) is 1.05. The minimum Gasteiger partial charge on any atom is -0.504 e. The van der Waals surface area contributed by atoms with Crippen LogP contribution in [0.1, 0.15) is 12.0 Å². The van der Waals surface area contributed by atoms with Crippen molar-refractivity contribution in [2.24, 2.45) is 0 Å². The van der Waals surface area contributed by atoms with E-state index in [0.29, 0.717) is 25.0 Å². The fourth-order valence-electron chi connectivity index (χ4n) is 1.77. The van der Waals surface area contributed by atoms with Crippen molar-refractivity contribution >= 4 is 8.56 Å². The molecule has 0 saturated carbocycles. The van der Waals surface area contributed by atoms with E-state index < -0.39 is 8.56 Å². The van der Waals surface area contributed by atoms with E-state index in [4.69, 9.17) is 13.9 Å². The first-order chi connectivity index (χ1) is 9.48. The molecule has 0 radical (unpaired) electrons. The lowest BCUT2D eigenvalue weighted by Gasteiger charge is -2.16. The Labute approximate surface area is 121 Å². The van der Waals surface area contributed by atoms with Gasteiger partial charge in [0.15, 0.2) is 11.5 Å². The van der Waals surface area contributed by atoms with Gasteiger partial charge >= 0.3 is 8.56 Å². The average molecular weight is 300 g/mol. The van der Waals surface area contributed by atoms with Crippen LogP contribution in [0.5, 0.6) is 11.5 Å². The van der Waals surface area contributed by atoms with Gasteiger partial charge in [0.2, 0.25) is 0 Å². The number of aromatic hydroxyl groups is 1. The largest absolute Gasteiger partial charge is 0.504 e. The summed E-state index contributed by atoms with van der Waals surface area (Å²) < 4.78 is 15.6. The second-order valence-corrected chi connectivity index (χ2v) is 8.11. The van der Waals surface area contributed by atoms with Crippen molar-refractivity contribution < 1.29 is 23.8 Å². The normalized spacial score (nSPS) is 14.0. The van der Waals surface area contributed by atoms with Gasteiger partial charge in [-0.25, -0.2) is 0 Å². The summed E-state index contributed by atoms with van der Waals surface area (Å²) in [7, 11) is 0.631. The van der Waals surface area contributed by atoms with E-state index in [-0.39, 0.29) is 5.75 Å². The van der Waals surface area contributed by atoms with Gasteiger partial charge in [-0.15, -0.1) is 0 Å². The minimum atomic E-state index is -2.44. The van der Waals surface area contributed by atoms with Gasteiger partial charge < -0.3 is 23.8 Å². The SMILES string of the molecule is COc1cc(CCOCCC[Si](C)(O)OC)ccc1O. The second-order valence-electron chi connectivity index (χ2n) is 4.85. The fraction of sp³-hybridized carbons (Fsp3) is 0.571. The maximum atomic E-state index is 9.76. The van der Waals surface area contributed by atoms with E-state index in [9.17, 15) is 9.90 Å². The highest BCUT2D eigenvalue weighted by Gasteiger charge is 2.23. The molecule has 0 aliphatic heterocycles. The monoisotopic (exact) mass is 300 g/mol. The molecule has 1 unspecified atom stereocenters. The van der Waals surface area contributed by atoms with Crippen LogP contribution in [0.4, 0.5) is 0 Å². The first kappa shape index (κ1) is 17.0. The molecule has 1 aromatic carbocycles. The molecule has 0 aromatic heterocycles. The van der Waals surface area contributed by atoms with Gasteiger partial charge in [-0.05, 0) is 43.1 Å². The van der Waals surface area contributed by atoms with E-state index >= 15 is 0 Å². The zero-order chi connectivity index (χ0) is 15.0. The van der Waals surface area contributed by atoms with Crippen molar-refractivity contribution in [3.63, 3.8) is 0 Å². The Morgan fingerprint density at radius 2 is 1.95 bits per heavy atom. The first-order valence-electron chi connectivity index (χ1n) is 6.69. The molecule has 20 heavy (non-hydrogen) atoms. The van der Waals surface area contributed by atoms with Gasteiger partial charge in [0.25, 0.3) is 0 Å². The molecule has 1 atom stereocenters. The van der Waals surface area contributed by atoms with Crippen molar-refractivity contribution in [1.29, 1.82) is 0 Å². The van der Waals surface area contributed by atoms with Crippen molar-refractivity contribution in [3.05, 3.63) is 23.8 Å². The summed E-state index contributed by atoms with van der Waals surface area (Å²) in [6.07, 6.45) is 1.56. The summed E-state index contributed by atoms with van der Waals surface area (Å²) in [6, 6.07) is 5.96. The number of phenols is 1. The predicted molar refractivity (Wildman–Crippen MR) is 79.5 cm³/mol. The zero-order valence-electron chi connectivity index (χ0n) is 12.4. The van der Waals surface area contributed by atoms with Crippen LogP contribution < -0.4 is 4.74 Å². The zero-order valence-corrected chi connectivity index (χ0v) is 13.4. The Hall–Kier alpha value is -1.08. The third kappa shape index (κ3) is 5.92. The third-order valence-electron chi connectivity index (χ3n) is 3.15. The molecular weight excluding hydrogens is 276 g/mol. The molecule has 6 heteroatoms. The van der Waals surface area contributed by atoms with E-state index in [1.165, 1.54) is 7.11 Å². The van der Waals surface area contributed by atoms with Crippen molar-refractivity contribution in [2.75, 3.05) is 27.4 Å². The van der Waals surface area contributed by atoms with Crippen LogP contribution in [-0.4, -0.2) is 45.9 Å². The van der Waals surface area contributed by atoms with E-state index in [0.717, 1.165) is 18.4 Å². The Morgan fingerprint density at radius 3 is 2.60 bits per heavy atom. The van der Waals surface area contributed by atoms with Crippen LogP contribution in [0.2, 0.25) is 12.6 Å². The Bertz CT molecular complexity index is 409. The standard InChI is InChI=1S/C14H24O5Si/c1-17-14-11-12(5-6-13(14)15)7-9-19-8-4-10-20(3,16)18-2/h5-6,11,15-16H,4,7-10H2,1-3H3. The fourth-order valence-corrected chi connectivity index (χ4v) is 2.78. The van der Waals surface area contributed by atoms with Gasteiger partial charge in [-0.3, -0.25) is 0 Å². The molecule has 0 saturated heterocycles. The molecule has 0 bridgehead atoms. The molecule has 2 N–H and O–H groups in total.